The Morgan fingerprint density at radius 3 is 2.90 bits per heavy atom. The Morgan fingerprint density at radius 1 is 1.70 bits per heavy atom. The average molecular weight is 135 g/mol. The molecule has 1 aliphatic rings. The predicted molar refractivity (Wildman–Crippen MR) is 44.6 cm³/mol. The third-order valence-corrected chi connectivity index (χ3v) is 1.81. The van der Waals surface area contributed by atoms with E-state index in [-0.39, 0.29) is 0 Å². The highest BCUT2D eigenvalue weighted by atomic mass is 15.1. The van der Waals surface area contributed by atoms with Crippen molar-refractivity contribution in [3.05, 3.63) is 36.6 Å². The van der Waals surface area contributed by atoms with Crippen molar-refractivity contribution in [1.29, 1.82) is 0 Å². The monoisotopic (exact) mass is 135 g/mol. The van der Waals surface area contributed by atoms with Crippen molar-refractivity contribution >= 4 is 0 Å². The van der Waals surface area contributed by atoms with Crippen LogP contribution in [0.4, 0.5) is 0 Å². The van der Waals surface area contributed by atoms with E-state index in [9.17, 15) is 0 Å². The largest absolute Gasteiger partial charge is 0.374 e. The molecule has 10 heavy (non-hydrogen) atoms. The highest BCUT2D eigenvalue weighted by Crippen LogP contribution is 2.11. The van der Waals surface area contributed by atoms with Crippen molar-refractivity contribution in [3.8, 4) is 0 Å². The van der Waals surface area contributed by atoms with E-state index in [1.165, 1.54) is 5.57 Å². The third-order valence-electron chi connectivity index (χ3n) is 1.81. The predicted octanol–water partition coefficient (Wildman–Crippen LogP) is 1.95. The van der Waals surface area contributed by atoms with Gasteiger partial charge in [-0.1, -0.05) is 18.7 Å². The van der Waals surface area contributed by atoms with Gasteiger partial charge in [0.05, 0.1) is 0 Å². The molecule has 1 unspecified atom stereocenters. The van der Waals surface area contributed by atoms with Gasteiger partial charge >= 0.3 is 0 Å². The zero-order valence-electron chi connectivity index (χ0n) is 6.54. The maximum atomic E-state index is 3.71. The summed E-state index contributed by atoms with van der Waals surface area (Å²) in [4.78, 5) is 2.16. The van der Waals surface area contributed by atoms with Crippen LogP contribution in [0.15, 0.2) is 36.6 Å². The fourth-order valence-electron chi connectivity index (χ4n) is 0.927. The number of likely N-dealkylation sites (N-methyl/N-ethyl adjacent to an activating group) is 1. The number of nitrogens with zero attached hydrogens (tertiary/aromatic N) is 1. The summed E-state index contributed by atoms with van der Waals surface area (Å²) in [5, 5.41) is 0. The Balaban J connectivity index is 2.75. The first kappa shape index (κ1) is 7.13. The number of allylic oxidation sites excluding steroid dienone is 3. The van der Waals surface area contributed by atoms with E-state index in [0.29, 0.717) is 6.04 Å². The molecule has 0 amide bonds. The van der Waals surface area contributed by atoms with Crippen LogP contribution in [-0.4, -0.2) is 18.0 Å². The van der Waals surface area contributed by atoms with Gasteiger partial charge in [-0.05, 0) is 24.8 Å². The summed E-state index contributed by atoms with van der Waals surface area (Å²) in [5.74, 6) is 0. The summed E-state index contributed by atoms with van der Waals surface area (Å²) in [6.45, 7) is 5.87. The maximum Gasteiger partial charge on any atom is 0.0444 e. The van der Waals surface area contributed by atoms with Gasteiger partial charge in [-0.2, -0.15) is 0 Å². The van der Waals surface area contributed by atoms with Crippen molar-refractivity contribution in [2.75, 3.05) is 7.05 Å². The van der Waals surface area contributed by atoms with Gasteiger partial charge < -0.3 is 4.90 Å². The lowest BCUT2D eigenvalue weighted by molar-refractivity contribution is 0.401. The summed E-state index contributed by atoms with van der Waals surface area (Å²) in [7, 11) is 2.07. The van der Waals surface area contributed by atoms with Crippen LogP contribution in [0, 0.1) is 0 Å². The molecule has 0 fully saturated rings. The van der Waals surface area contributed by atoms with E-state index in [1.54, 1.807) is 0 Å². The smallest absolute Gasteiger partial charge is 0.0444 e. The Morgan fingerprint density at radius 2 is 2.40 bits per heavy atom. The first-order valence-corrected chi connectivity index (χ1v) is 3.48. The van der Waals surface area contributed by atoms with Gasteiger partial charge in [0.2, 0.25) is 0 Å². The van der Waals surface area contributed by atoms with Crippen LogP contribution in [0.2, 0.25) is 0 Å². The second kappa shape index (κ2) is 2.74. The lowest BCUT2D eigenvalue weighted by Gasteiger charge is -2.23. The van der Waals surface area contributed by atoms with Crippen LogP contribution in [0.3, 0.4) is 0 Å². The quantitative estimate of drug-likeness (QED) is 0.531. The molecule has 1 rings (SSSR count). The SMILES string of the molecule is C=CC1=CC(C)N(C)C=C1. The van der Waals surface area contributed by atoms with Gasteiger partial charge in [0.1, 0.15) is 0 Å². The minimum Gasteiger partial charge on any atom is -0.374 e. The second-order valence-corrected chi connectivity index (χ2v) is 2.59. The van der Waals surface area contributed by atoms with E-state index < -0.39 is 0 Å². The molecule has 54 valence electrons. The molecular weight excluding hydrogens is 122 g/mol. The minimum atomic E-state index is 0.498. The van der Waals surface area contributed by atoms with E-state index in [1.807, 2.05) is 6.08 Å². The molecule has 0 bridgehead atoms. The fourth-order valence-corrected chi connectivity index (χ4v) is 0.927. The molecule has 1 atom stereocenters. The Labute approximate surface area is 62.3 Å². The second-order valence-electron chi connectivity index (χ2n) is 2.59. The van der Waals surface area contributed by atoms with E-state index in [0.717, 1.165) is 0 Å². The van der Waals surface area contributed by atoms with Gasteiger partial charge in [-0.15, -0.1) is 0 Å². The van der Waals surface area contributed by atoms with Gasteiger partial charge in [0.15, 0.2) is 0 Å². The molecule has 0 saturated heterocycles. The minimum absolute atomic E-state index is 0.498. The van der Waals surface area contributed by atoms with E-state index in [2.05, 4.69) is 43.8 Å². The number of rotatable bonds is 1. The molecule has 0 aromatic carbocycles. The van der Waals surface area contributed by atoms with Gasteiger partial charge in [0.25, 0.3) is 0 Å². The Bertz CT molecular complexity index is 189. The maximum absolute atomic E-state index is 3.71. The van der Waals surface area contributed by atoms with Crippen LogP contribution >= 0.6 is 0 Å². The lowest BCUT2D eigenvalue weighted by Crippen LogP contribution is -2.23. The number of hydrogen-bond donors (Lipinski definition) is 0. The van der Waals surface area contributed by atoms with Crippen LogP contribution in [0.1, 0.15) is 6.92 Å². The molecule has 0 N–H and O–H groups in total. The topological polar surface area (TPSA) is 3.24 Å². The van der Waals surface area contributed by atoms with E-state index in [4.69, 9.17) is 0 Å². The molecule has 0 aromatic rings. The molecule has 1 heterocycles. The first-order valence-electron chi connectivity index (χ1n) is 3.48. The molecular formula is C9H13N. The van der Waals surface area contributed by atoms with E-state index >= 15 is 0 Å². The zero-order valence-corrected chi connectivity index (χ0v) is 6.54. The van der Waals surface area contributed by atoms with Crippen molar-refractivity contribution in [2.45, 2.75) is 13.0 Å². The summed E-state index contributed by atoms with van der Waals surface area (Å²) in [6, 6.07) is 0.498. The lowest BCUT2D eigenvalue weighted by atomic mass is 10.1. The molecule has 0 aromatic heterocycles. The molecule has 1 heteroatoms. The molecule has 0 aliphatic carbocycles. The van der Waals surface area contributed by atoms with Crippen molar-refractivity contribution in [1.82, 2.24) is 4.90 Å². The third kappa shape index (κ3) is 1.29. The molecule has 1 nitrogen and oxygen atoms in total. The average Bonchev–Trinajstić information content (AvgIpc) is 1.95. The summed E-state index contributed by atoms with van der Waals surface area (Å²) < 4.78 is 0. The van der Waals surface area contributed by atoms with Crippen LogP contribution in [0.5, 0.6) is 0 Å². The van der Waals surface area contributed by atoms with Crippen molar-refractivity contribution in [3.63, 3.8) is 0 Å². The highest BCUT2D eigenvalue weighted by molar-refractivity contribution is 5.32. The zero-order chi connectivity index (χ0) is 7.56. The standard InChI is InChI=1S/C9H13N/c1-4-9-5-6-10(3)8(2)7-9/h4-8H,1H2,2-3H3. The van der Waals surface area contributed by atoms with Crippen LogP contribution in [-0.2, 0) is 0 Å². The highest BCUT2D eigenvalue weighted by Gasteiger charge is 2.05. The van der Waals surface area contributed by atoms with Gasteiger partial charge in [-0.3, -0.25) is 0 Å². The first-order chi connectivity index (χ1) is 4.74. The van der Waals surface area contributed by atoms with Crippen LogP contribution < -0.4 is 0 Å². The molecule has 0 saturated carbocycles. The summed E-state index contributed by atoms with van der Waals surface area (Å²) in [6.07, 6.45) is 8.20. The molecule has 1 aliphatic heterocycles. The molecule has 0 spiro atoms. The van der Waals surface area contributed by atoms with Gasteiger partial charge in [0, 0.05) is 13.1 Å². The Hall–Kier alpha value is -0.980. The number of hydrogen-bond acceptors (Lipinski definition) is 1. The fraction of sp³-hybridized carbons (Fsp3) is 0.333. The summed E-state index contributed by atoms with van der Waals surface area (Å²) >= 11 is 0. The summed E-state index contributed by atoms with van der Waals surface area (Å²) in [5.41, 5.74) is 1.21. The van der Waals surface area contributed by atoms with Gasteiger partial charge in [-0.25, -0.2) is 0 Å². The van der Waals surface area contributed by atoms with Crippen molar-refractivity contribution in [2.24, 2.45) is 0 Å². The Kier molecular flexibility index (Phi) is 1.95. The normalized spacial score (nSPS) is 24.4. The molecule has 0 radical (unpaired) electrons. The van der Waals surface area contributed by atoms with Crippen molar-refractivity contribution < 1.29 is 0 Å². The van der Waals surface area contributed by atoms with Crippen LogP contribution in [0.25, 0.3) is 0 Å².